The number of rotatable bonds is 7. The molecule has 2 aromatic carbocycles. The van der Waals surface area contributed by atoms with Crippen molar-refractivity contribution in [1.29, 1.82) is 0 Å². The van der Waals surface area contributed by atoms with Gasteiger partial charge in [-0.2, -0.15) is 0 Å². The van der Waals surface area contributed by atoms with Crippen molar-refractivity contribution in [3.63, 3.8) is 0 Å². The molecular weight excluding hydrogens is 369 g/mol. The molecule has 0 heterocycles. The molecule has 2 rings (SSSR count). The van der Waals surface area contributed by atoms with Gasteiger partial charge in [0.05, 0.1) is 5.02 Å². The van der Waals surface area contributed by atoms with Crippen LogP contribution in [0, 0.1) is 0 Å². The maximum Gasteiger partial charge on any atom is 0.326 e. The minimum Gasteiger partial charge on any atom is -0.508 e. The zero-order valence-electron chi connectivity index (χ0n) is 12.9. The first-order valence-electron chi connectivity index (χ1n) is 7.23. The fraction of sp³-hybridized carbons (Fsp3) is 0.176. The third-order valence-corrected chi connectivity index (χ3v) is 3.79. The number of benzene rings is 2. The van der Waals surface area contributed by atoms with E-state index in [1.807, 2.05) is 0 Å². The lowest BCUT2D eigenvalue weighted by Crippen LogP contribution is -2.44. The highest BCUT2D eigenvalue weighted by Crippen LogP contribution is 2.27. The van der Waals surface area contributed by atoms with E-state index in [1.54, 1.807) is 18.2 Å². The van der Waals surface area contributed by atoms with E-state index in [-0.39, 0.29) is 29.5 Å². The summed E-state index contributed by atoms with van der Waals surface area (Å²) in [6.45, 7) is -0.388. The number of hydrogen-bond donors (Lipinski definition) is 3. The van der Waals surface area contributed by atoms with Crippen LogP contribution in [0.1, 0.15) is 5.56 Å². The first-order chi connectivity index (χ1) is 11.8. The molecule has 0 aromatic heterocycles. The SMILES string of the molecule is O=C(COc1ccc(Cl)cc1Cl)N[C@@H](Cc1ccc(O)cc1)C(=O)O. The van der Waals surface area contributed by atoms with E-state index in [4.69, 9.17) is 27.9 Å². The van der Waals surface area contributed by atoms with Crippen LogP contribution in [0.25, 0.3) is 0 Å². The number of hydrogen-bond acceptors (Lipinski definition) is 4. The van der Waals surface area contributed by atoms with Gasteiger partial charge >= 0.3 is 5.97 Å². The Morgan fingerprint density at radius 3 is 2.40 bits per heavy atom. The average molecular weight is 384 g/mol. The first kappa shape index (κ1) is 18.9. The van der Waals surface area contributed by atoms with Gasteiger partial charge in [-0.15, -0.1) is 0 Å². The average Bonchev–Trinajstić information content (AvgIpc) is 2.55. The van der Waals surface area contributed by atoms with Gasteiger partial charge in [-0.1, -0.05) is 35.3 Å². The number of ether oxygens (including phenoxy) is 1. The van der Waals surface area contributed by atoms with E-state index >= 15 is 0 Å². The van der Waals surface area contributed by atoms with Crippen LogP contribution in [-0.2, 0) is 16.0 Å². The molecule has 0 fully saturated rings. The Morgan fingerprint density at radius 2 is 1.80 bits per heavy atom. The van der Waals surface area contributed by atoms with Crippen molar-refractivity contribution < 1.29 is 24.5 Å². The highest BCUT2D eigenvalue weighted by atomic mass is 35.5. The molecule has 0 radical (unpaired) electrons. The first-order valence-corrected chi connectivity index (χ1v) is 7.98. The molecule has 0 aliphatic heterocycles. The van der Waals surface area contributed by atoms with Crippen LogP contribution in [0.4, 0.5) is 0 Å². The Bertz CT molecular complexity index is 764. The van der Waals surface area contributed by atoms with Crippen LogP contribution in [0.5, 0.6) is 11.5 Å². The summed E-state index contributed by atoms with van der Waals surface area (Å²) < 4.78 is 5.27. The zero-order valence-corrected chi connectivity index (χ0v) is 14.4. The number of carboxylic acids is 1. The van der Waals surface area contributed by atoms with Crippen molar-refractivity contribution in [2.45, 2.75) is 12.5 Å². The summed E-state index contributed by atoms with van der Waals surface area (Å²) in [6, 6.07) is 9.49. The van der Waals surface area contributed by atoms with Gasteiger partial charge in [0.1, 0.15) is 17.5 Å². The maximum absolute atomic E-state index is 11.9. The molecule has 0 saturated heterocycles. The van der Waals surface area contributed by atoms with E-state index < -0.39 is 17.9 Å². The molecule has 0 unspecified atom stereocenters. The van der Waals surface area contributed by atoms with Gasteiger partial charge in [0.15, 0.2) is 6.61 Å². The molecular formula is C17H15Cl2NO5. The van der Waals surface area contributed by atoms with Crippen molar-refractivity contribution in [1.82, 2.24) is 5.32 Å². The second kappa shape index (κ2) is 8.60. The summed E-state index contributed by atoms with van der Waals surface area (Å²) in [5.74, 6) is -1.43. The summed E-state index contributed by atoms with van der Waals surface area (Å²) in [7, 11) is 0. The van der Waals surface area contributed by atoms with E-state index in [1.165, 1.54) is 24.3 Å². The molecule has 0 aliphatic rings. The van der Waals surface area contributed by atoms with Gasteiger partial charge in [0, 0.05) is 11.4 Å². The van der Waals surface area contributed by atoms with Gasteiger partial charge in [0.2, 0.25) is 0 Å². The molecule has 3 N–H and O–H groups in total. The number of halogens is 2. The lowest BCUT2D eigenvalue weighted by molar-refractivity contribution is -0.142. The number of phenolic OH excluding ortho intramolecular Hbond substituents is 1. The Kier molecular flexibility index (Phi) is 6.50. The molecule has 1 atom stereocenters. The molecule has 0 aliphatic carbocycles. The van der Waals surface area contributed by atoms with Crippen molar-refractivity contribution >= 4 is 35.1 Å². The number of aliphatic carboxylic acids is 1. The molecule has 132 valence electrons. The predicted molar refractivity (Wildman–Crippen MR) is 93.3 cm³/mol. The van der Waals surface area contributed by atoms with Gasteiger partial charge in [-0.05, 0) is 35.9 Å². The normalized spacial score (nSPS) is 11.6. The Balaban J connectivity index is 1.93. The standard InChI is InChI=1S/C17H15Cl2NO5/c18-11-3-6-15(13(19)8-11)25-9-16(22)20-14(17(23)24)7-10-1-4-12(21)5-2-10/h1-6,8,14,21H,7,9H2,(H,20,22)(H,23,24)/t14-/m0/s1. The molecule has 0 saturated carbocycles. The van der Waals surface area contributed by atoms with E-state index in [0.29, 0.717) is 10.6 Å². The summed E-state index contributed by atoms with van der Waals surface area (Å²) in [5.41, 5.74) is 0.659. The largest absolute Gasteiger partial charge is 0.508 e. The molecule has 0 spiro atoms. The Hall–Kier alpha value is -2.44. The van der Waals surface area contributed by atoms with Gasteiger partial charge < -0.3 is 20.3 Å². The lowest BCUT2D eigenvalue weighted by Gasteiger charge is -2.15. The minimum absolute atomic E-state index is 0.0725. The highest BCUT2D eigenvalue weighted by Gasteiger charge is 2.21. The summed E-state index contributed by atoms with van der Waals surface area (Å²) in [4.78, 5) is 23.3. The summed E-state index contributed by atoms with van der Waals surface area (Å²) in [6.07, 6.45) is 0.0725. The molecule has 6 nitrogen and oxygen atoms in total. The second-order valence-electron chi connectivity index (χ2n) is 5.19. The quantitative estimate of drug-likeness (QED) is 0.682. The monoisotopic (exact) mass is 383 g/mol. The van der Waals surface area contributed by atoms with Crippen molar-refractivity contribution in [2.24, 2.45) is 0 Å². The highest BCUT2D eigenvalue weighted by molar-refractivity contribution is 6.35. The number of carbonyl (C=O) groups excluding carboxylic acids is 1. The fourth-order valence-electron chi connectivity index (χ4n) is 2.04. The van der Waals surface area contributed by atoms with Crippen molar-refractivity contribution in [3.05, 3.63) is 58.1 Å². The molecule has 0 bridgehead atoms. The van der Waals surface area contributed by atoms with Crippen molar-refractivity contribution in [3.8, 4) is 11.5 Å². The molecule has 8 heteroatoms. The van der Waals surface area contributed by atoms with Crippen LogP contribution >= 0.6 is 23.2 Å². The van der Waals surface area contributed by atoms with Gasteiger partial charge in [0.25, 0.3) is 5.91 Å². The van der Waals surface area contributed by atoms with Crippen LogP contribution < -0.4 is 10.1 Å². The van der Waals surface area contributed by atoms with Crippen LogP contribution in [0.2, 0.25) is 10.0 Å². The van der Waals surface area contributed by atoms with E-state index in [0.717, 1.165) is 0 Å². The molecule has 25 heavy (non-hydrogen) atoms. The number of carbonyl (C=O) groups is 2. The zero-order chi connectivity index (χ0) is 18.4. The number of nitrogens with one attached hydrogen (secondary N) is 1. The maximum atomic E-state index is 11.9. The van der Waals surface area contributed by atoms with Crippen LogP contribution in [-0.4, -0.2) is 34.7 Å². The van der Waals surface area contributed by atoms with E-state index in [2.05, 4.69) is 5.32 Å². The number of phenols is 1. The second-order valence-corrected chi connectivity index (χ2v) is 6.04. The number of aromatic hydroxyl groups is 1. The predicted octanol–water partition coefficient (Wildman–Crippen LogP) is 2.89. The Labute approximate surface area is 153 Å². The van der Waals surface area contributed by atoms with Crippen molar-refractivity contribution in [2.75, 3.05) is 6.61 Å². The topological polar surface area (TPSA) is 95.9 Å². The third-order valence-electron chi connectivity index (χ3n) is 3.26. The smallest absolute Gasteiger partial charge is 0.326 e. The molecule has 1 amide bonds. The summed E-state index contributed by atoms with van der Waals surface area (Å²) >= 11 is 11.7. The molecule has 2 aromatic rings. The van der Waals surface area contributed by atoms with E-state index in [9.17, 15) is 19.8 Å². The van der Waals surface area contributed by atoms with Crippen LogP contribution in [0.15, 0.2) is 42.5 Å². The van der Waals surface area contributed by atoms with Gasteiger partial charge in [-0.3, -0.25) is 4.79 Å². The lowest BCUT2D eigenvalue weighted by atomic mass is 10.1. The number of amides is 1. The minimum atomic E-state index is -1.18. The Morgan fingerprint density at radius 1 is 1.12 bits per heavy atom. The third kappa shape index (κ3) is 5.85. The van der Waals surface area contributed by atoms with Crippen LogP contribution in [0.3, 0.4) is 0 Å². The van der Waals surface area contributed by atoms with Gasteiger partial charge in [-0.25, -0.2) is 4.79 Å². The summed E-state index contributed by atoms with van der Waals surface area (Å²) in [5, 5.41) is 21.6. The number of carboxylic acid groups (broad SMARTS) is 1. The fourth-order valence-corrected chi connectivity index (χ4v) is 2.50.